The van der Waals surface area contributed by atoms with Crippen LogP contribution in [0.25, 0.3) is 0 Å². The Labute approximate surface area is 154 Å². The van der Waals surface area contributed by atoms with E-state index >= 15 is 0 Å². The Hall–Kier alpha value is -3.08. The second kappa shape index (κ2) is 7.87. The normalized spacial score (nSPS) is 10.5. The van der Waals surface area contributed by atoms with Gasteiger partial charge in [0.1, 0.15) is 11.6 Å². The van der Waals surface area contributed by atoms with E-state index in [-0.39, 0.29) is 0 Å². The standard InChI is InChI=1S/C21H24N4O/c1-5-26-18-12-7-6-11-17(18)23-19-13-16(4)22-21(24-19)25-20-14(2)9-8-10-15(20)3/h6-13H,5H2,1-4H3,(H2,22,23,24,25). The van der Waals surface area contributed by atoms with Crippen molar-refractivity contribution in [1.29, 1.82) is 0 Å². The van der Waals surface area contributed by atoms with Gasteiger partial charge in [-0.3, -0.25) is 0 Å². The predicted octanol–water partition coefficient (Wildman–Crippen LogP) is 5.29. The van der Waals surface area contributed by atoms with Gasteiger partial charge >= 0.3 is 0 Å². The van der Waals surface area contributed by atoms with Crippen LogP contribution in [0.3, 0.4) is 0 Å². The van der Waals surface area contributed by atoms with Crippen molar-refractivity contribution in [2.45, 2.75) is 27.7 Å². The van der Waals surface area contributed by atoms with Crippen LogP contribution < -0.4 is 15.4 Å². The smallest absolute Gasteiger partial charge is 0.229 e. The zero-order chi connectivity index (χ0) is 18.5. The number of rotatable bonds is 6. The van der Waals surface area contributed by atoms with Crippen LogP contribution >= 0.6 is 0 Å². The number of nitrogens with zero attached hydrogens (tertiary/aromatic N) is 2. The highest BCUT2D eigenvalue weighted by Gasteiger charge is 2.09. The SMILES string of the molecule is CCOc1ccccc1Nc1cc(C)nc(Nc2c(C)cccc2C)n1. The Bertz CT molecular complexity index is 888. The molecule has 0 aliphatic heterocycles. The fourth-order valence-corrected chi connectivity index (χ4v) is 2.80. The largest absolute Gasteiger partial charge is 0.492 e. The summed E-state index contributed by atoms with van der Waals surface area (Å²) in [6.45, 7) is 8.68. The number of para-hydroxylation sites is 3. The molecule has 5 heteroatoms. The van der Waals surface area contributed by atoms with Crippen LogP contribution in [0.2, 0.25) is 0 Å². The highest BCUT2D eigenvalue weighted by Crippen LogP contribution is 2.28. The number of ether oxygens (including phenoxy) is 1. The van der Waals surface area contributed by atoms with Crippen LogP contribution in [0, 0.1) is 20.8 Å². The Kier molecular flexibility index (Phi) is 5.37. The number of hydrogen-bond donors (Lipinski definition) is 2. The lowest BCUT2D eigenvalue weighted by Crippen LogP contribution is -2.05. The van der Waals surface area contributed by atoms with Crippen molar-refractivity contribution in [3.63, 3.8) is 0 Å². The minimum atomic E-state index is 0.568. The van der Waals surface area contributed by atoms with Crippen LogP contribution in [0.1, 0.15) is 23.7 Å². The summed E-state index contributed by atoms with van der Waals surface area (Å²) in [5.74, 6) is 2.09. The van der Waals surface area contributed by atoms with Gasteiger partial charge in [-0.25, -0.2) is 4.98 Å². The number of anilines is 4. The molecule has 0 aliphatic carbocycles. The molecule has 3 rings (SSSR count). The summed E-state index contributed by atoms with van der Waals surface area (Å²) >= 11 is 0. The first-order valence-corrected chi connectivity index (χ1v) is 8.74. The predicted molar refractivity (Wildman–Crippen MR) is 107 cm³/mol. The number of aromatic nitrogens is 2. The molecule has 2 N–H and O–H groups in total. The van der Waals surface area contributed by atoms with Crippen LogP contribution in [-0.2, 0) is 0 Å². The van der Waals surface area contributed by atoms with Gasteiger partial charge < -0.3 is 15.4 Å². The van der Waals surface area contributed by atoms with Crippen molar-refractivity contribution in [1.82, 2.24) is 9.97 Å². The summed E-state index contributed by atoms with van der Waals surface area (Å²) in [7, 11) is 0. The highest BCUT2D eigenvalue weighted by molar-refractivity contribution is 5.67. The third kappa shape index (κ3) is 4.11. The molecule has 0 atom stereocenters. The molecule has 26 heavy (non-hydrogen) atoms. The molecule has 0 bridgehead atoms. The van der Waals surface area contributed by atoms with Crippen molar-refractivity contribution in [3.05, 3.63) is 65.4 Å². The topological polar surface area (TPSA) is 59.1 Å². The summed E-state index contributed by atoms with van der Waals surface area (Å²) in [5.41, 5.74) is 5.12. The van der Waals surface area contributed by atoms with E-state index in [0.717, 1.165) is 39.8 Å². The molecule has 0 unspecified atom stereocenters. The van der Waals surface area contributed by atoms with E-state index in [9.17, 15) is 0 Å². The zero-order valence-electron chi connectivity index (χ0n) is 15.6. The fraction of sp³-hybridized carbons (Fsp3) is 0.238. The Morgan fingerprint density at radius 1 is 0.885 bits per heavy atom. The Morgan fingerprint density at radius 2 is 1.62 bits per heavy atom. The minimum Gasteiger partial charge on any atom is -0.492 e. The van der Waals surface area contributed by atoms with E-state index in [1.165, 1.54) is 0 Å². The second-order valence-electron chi connectivity index (χ2n) is 6.16. The quantitative estimate of drug-likeness (QED) is 0.634. The van der Waals surface area contributed by atoms with Crippen molar-refractivity contribution < 1.29 is 4.74 Å². The molecular formula is C21H24N4O. The summed E-state index contributed by atoms with van der Waals surface area (Å²) < 4.78 is 5.68. The maximum atomic E-state index is 5.68. The van der Waals surface area contributed by atoms with Crippen molar-refractivity contribution >= 4 is 23.1 Å². The average molecular weight is 348 g/mol. The highest BCUT2D eigenvalue weighted by atomic mass is 16.5. The van der Waals surface area contributed by atoms with Crippen LogP contribution in [0.5, 0.6) is 5.75 Å². The molecule has 2 aromatic carbocycles. The third-order valence-corrected chi connectivity index (χ3v) is 4.02. The molecule has 1 aromatic heterocycles. The zero-order valence-corrected chi connectivity index (χ0v) is 15.6. The molecule has 0 radical (unpaired) electrons. The lowest BCUT2D eigenvalue weighted by molar-refractivity contribution is 0.342. The number of benzene rings is 2. The first-order chi connectivity index (χ1) is 12.6. The summed E-state index contributed by atoms with van der Waals surface area (Å²) in [6.07, 6.45) is 0. The van der Waals surface area contributed by atoms with Gasteiger partial charge in [-0.2, -0.15) is 4.98 Å². The summed E-state index contributed by atoms with van der Waals surface area (Å²) in [5, 5.41) is 6.69. The molecule has 134 valence electrons. The van der Waals surface area contributed by atoms with Gasteiger partial charge in [0.2, 0.25) is 5.95 Å². The monoisotopic (exact) mass is 348 g/mol. The van der Waals surface area contributed by atoms with E-state index in [4.69, 9.17) is 4.74 Å². The van der Waals surface area contributed by atoms with Gasteiger partial charge in [-0.15, -0.1) is 0 Å². The van der Waals surface area contributed by atoms with Gasteiger partial charge in [0, 0.05) is 17.4 Å². The van der Waals surface area contributed by atoms with E-state index in [1.54, 1.807) is 0 Å². The van der Waals surface area contributed by atoms with Crippen LogP contribution in [-0.4, -0.2) is 16.6 Å². The fourth-order valence-electron chi connectivity index (χ4n) is 2.80. The number of aryl methyl sites for hydroxylation is 3. The van der Waals surface area contributed by atoms with Gasteiger partial charge in [-0.1, -0.05) is 30.3 Å². The molecule has 0 saturated carbocycles. The maximum absolute atomic E-state index is 5.68. The Morgan fingerprint density at radius 3 is 2.35 bits per heavy atom. The Balaban J connectivity index is 1.89. The van der Waals surface area contributed by atoms with E-state index in [0.29, 0.717) is 12.6 Å². The molecular weight excluding hydrogens is 324 g/mol. The van der Waals surface area contributed by atoms with Crippen LogP contribution in [0.4, 0.5) is 23.1 Å². The molecule has 0 spiro atoms. The molecule has 0 aliphatic rings. The number of nitrogens with one attached hydrogen (secondary N) is 2. The first-order valence-electron chi connectivity index (χ1n) is 8.74. The average Bonchev–Trinajstić information content (AvgIpc) is 2.60. The van der Waals surface area contributed by atoms with E-state index in [1.807, 2.05) is 50.2 Å². The lowest BCUT2D eigenvalue weighted by atomic mass is 10.1. The lowest BCUT2D eigenvalue weighted by Gasteiger charge is -2.14. The van der Waals surface area contributed by atoms with Gasteiger partial charge in [-0.05, 0) is 51.0 Å². The maximum Gasteiger partial charge on any atom is 0.229 e. The van der Waals surface area contributed by atoms with Gasteiger partial charge in [0.25, 0.3) is 0 Å². The molecule has 0 saturated heterocycles. The molecule has 0 amide bonds. The van der Waals surface area contributed by atoms with Gasteiger partial charge in [0.05, 0.1) is 12.3 Å². The van der Waals surface area contributed by atoms with Gasteiger partial charge in [0.15, 0.2) is 0 Å². The van der Waals surface area contributed by atoms with E-state index < -0.39 is 0 Å². The van der Waals surface area contributed by atoms with E-state index in [2.05, 4.69) is 46.6 Å². The number of hydrogen-bond acceptors (Lipinski definition) is 5. The minimum absolute atomic E-state index is 0.568. The van der Waals surface area contributed by atoms with Crippen molar-refractivity contribution in [2.24, 2.45) is 0 Å². The second-order valence-corrected chi connectivity index (χ2v) is 6.16. The molecule has 0 fully saturated rings. The first kappa shape index (κ1) is 17.7. The molecule has 1 heterocycles. The third-order valence-electron chi connectivity index (χ3n) is 4.02. The van der Waals surface area contributed by atoms with Crippen molar-refractivity contribution in [2.75, 3.05) is 17.2 Å². The van der Waals surface area contributed by atoms with Crippen LogP contribution in [0.15, 0.2) is 48.5 Å². The summed E-state index contributed by atoms with van der Waals surface area (Å²) in [6, 6.07) is 15.9. The summed E-state index contributed by atoms with van der Waals surface area (Å²) in [4.78, 5) is 9.14. The molecule has 5 nitrogen and oxygen atoms in total. The van der Waals surface area contributed by atoms with Crippen molar-refractivity contribution in [3.8, 4) is 5.75 Å². The molecule has 3 aromatic rings.